The Balaban J connectivity index is 1.76. The molecule has 21 heavy (non-hydrogen) atoms. The maximum atomic E-state index is 12.1. The Morgan fingerprint density at radius 3 is 2.71 bits per heavy atom. The molecule has 1 fully saturated rings. The van der Waals surface area contributed by atoms with Gasteiger partial charge in [0.1, 0.15) is 0 Å². The van der Waals surface area contributed by atoms with Crippen LogP contribution in [0.5, 0.6) is 0 Å². The van der Waals surface area contributed by atoms with Gasteiger partial charge in [-0.3, -0.25) is 9.69 Å². The summed E-state index contributed by atoms with van der Waals surface area (Å²) < 4.78 is 5.00. The number of ether oxygens (including phenoxy) is 1. The van der Waals surface area contributed by atoms with Crippen molar-refractivity contribution >= 4 is 17.3 Å². The fourth-order valence-electron chi connectivity index (χ4n) is 3.04. The lowest BCUT2D eigenvalue weighted by molar-refractivity contribution is -0.145. The molecule has 1 aromatic heterocycles. The van der Waals surface area contributed by atoms with Gasteiger partial charge in [0, 0.05) is 30.4 Å². The predicted molar refractivity (Wildman–Crippen MR) is 84.3 cm³/mol. The summed E-state index contributed by atoms with van der Waals surface area (Å²) in [6, 6.07) is 14.6. The molecule has 0 N–H and O–H groups in total. The third-order valence-corrected chi connectivity index (χ3v) is 5.06. The van der Waals surface area contributed by atoms with Crippen LogP contribution in [0, 0.1) is 5.92 Å². The highest BCUT2D eigenvalue weighted by atomic mass is 32.1. The smallest absolute Gasteiger partial charge is 0.310 e. The van der Waals surface area contributed by atoms with Gasteiger partial charge in [-0.25, -0.2) is 0 Å². The van der Waals surface area contributed by atoms with Crippen LogP contribution in [0.25, 0.3) is 0 Å². The molecular weight excluding hydrogens is 282 g/mol. The summed E-state index contributed by atoms with van der Waals surface area (Å²) in [4.78, 5) is 15.7. The number of esters is 1. The van der Waals surface area contributed by atoms with Crippen molar-refractivity contribution in [3.8, 4) is 0 Å². The SMILES string of the molecule is COC(=O)[C@@H]1CN(Cc2ccccc2)C[C@H]1c1cccs1. The van der Waals surface area contributed by atoms with Gasteiger partial charge in [-0.1, -0.05) is 36.4 Å². The number of benzene rings is 1. The number of carbonyl (C=O) groups is 1. The Morgan fingerprint density at radius 1 is 1.24 bits per heavy atom. The second-order valence-corrected chi connectivity index (χ2v) is 6.41. The molecule has 3 nitrogen and oxygen atoms in total. The quantitative estimate of drug-likeness (QED) is 0.813. The molecule has 0 radical (unpaired) electrons. The van der Waals surface area contributed by atoms with E-state index in [0.717, 1.165) is 19.6 Å². The average Bonchev–Trinajstić information content (AvgIpc) is 3.16. The summed E-state index contributed by atoms with van der Waals surface area (Å²) in [6.45, 7) is 2.56. The van der Waals surface area contributed by atoms with Crippen molar-refractivity contribution in [1.29, 1.82) is 0 Å². The van der Waals surface area contributed by atoms with Gasteiger partial charge in [0.25, 0.3) is 0 Å². The fraction of sp³-hybridized carbons (Fsp3) is 0.353. The van der Waals surface area contributed by atoms with Gasteiger partial charge in [0.05, 0.1) is 13.0 Å². The number of thiophene rings is 1. The van der Waals surface area contributed by atoms with Gasteiger partial charge in [-0.15, -0.1) is 11.3 Å². The van der Waals surface area contributed by atoms with Crippen LogP contribution in [-0.2, 0) is 16.1 Å². The first-order valence-corrected chi connectivity index (χ1v) is 8.03. The molecule has 2 atom stereocenters. The molecule has 0 spiro atoms. The summed E-state index contributed by atoms with van der Waals surface area (Å²) in [5.74, 6) is 0.0995. The Hall–Kier alpha value is -1.65. The minimum atomic E-state index is -0.0936. The molecule has 0 saturated carbocycles. The molecule has 2 heterocycles. The highest BCUT2D eigenvalue weighted by molar-refractivity contribution is 7.10. The molecule has 4 heteroatoms. The van der Waals surface area contributed by atoms with Crippen LogP contribution in [-0.4, -0.2) is 31.1 Å². The van der Waals surface area contributed by atoms with Crippen molar-refractivity contribution in [3.05, 3.63) is 58.3 Å². The van der Waals surface area contributed by atoms with Gasteiger partial charge < -0.3 is 4.74 Å². The van der Waals surface area contributed by atoms with Crippen LogP contribution in [0.1, 0.15) is 16.4 Å². The molecule has 3 rings (SSSR count). The lowest BCUT2D eigenvalue weighted by atomic mass is 9.95. The van der Waals surface area contributed by atoms with Crippen molar-refractivity contribution < 1.29 is 9.53 Å². The maximum Gasteiger partial charge on any atom is 0.310 e. The van der Waals surface area contributed by atoms with E-state index in [1.54, 1.807) is 11.3 Å². The molecular formula is C17H19NO2S. The zero-order valence-electron chi connectivity index (χ0n) is 12.1. The Labute approximate surface area is 129 Å². The Kier molecular flexibility index (Phi) is 4.36. The fourth-order valence-corrected chi connectivity index (χ4v) is 3.92. The first-order valence-electron chi connectivity index (χ1n) is 7.15. The molecule has 1 aromatic carbocycles. The van der Waals surface area contributed by atoms with E-state index < -0.39 is 0 Å². The lowest BCUT2D eigenvalue weighted by Gasteiger charge is -2.15. The van der Waals surface area contributed by atoms with Gasteiger partial charge in [0.2, 0.25) is 0 Å². The predicted octanol–water partition coefficient (Wildman–Crippen LogP) is 3.14. The number of likely N-dealkylation sites (tertiary alicyclic amines) is 1. The first kappa shape index (κ1) is 14.3. The molecule has 0 aliphatic carbocycles. The monoisotopic (exact) mass is 301 g/mol. The molecule has 1 aliphatic heterocycles. The van der Waals surface area contributed by atoms with Crippen LogP contribution in [0.2, 0.25) is 0 Å². The summed E-state index contributed by atoms with van der Waals surface area (Å²) in [5, 5.41) is 2.07. The number of nitrogens with zero attached hydrogens (tertiary/aromatic N) is 1. The van der Waals surface area contributed by atoms with Crippen LogP contribution in [0.15, 0.2) is 47.8 Å². The van der Waals surface area contributed by atoms with Gasteiger partial charge in [0.15, 0.2) is 0 Å². The van der Waals surface area contributed by atoms with Crippen molar-refractivity contribution in [2.75, 3.05) is 20.2 Å². The molecule has 1 aliphatic rings. The maximum absolute atomic E-state index is 12.1. The van der Waals surface area contributed by atoms with Crippen molar-refractivity contribution in [3.63, 3.8) is 0 Å². The second kappa shape index (κ2) is 6.41. The first-order chi connectivity index (χ1) is 10.3. The minimum absolute atomic E-state index is 0.0580. The summed E-state index contributed by atoms with van der Waals surface area (Å²) in [6.07, 6.45) is 0. The second-order valence-electron chi connectivity index (χ2n) is 5.43. The number of rotatable bonds is 4. The summed E-state index contributed by atoms with van der Waals surface area (Å²) in [7, 11) is 1.48. The highest BCUT2D eigenvalue weighted by Crippen LogP contribution is 2.36. The number of methoxy groups -OCH3 is 1. The molecule has 1 saturated heterocycles. The zero-order chi connectivity index (χ0) is 14.7. The molecule has 0 unspecified atom stereocenters. The number of hydrogen-bond acceptors (Lipinski definition) is 4. The summed E-state index contributed by atoms with van der Waals surface area (Å²) >= 11 is 1.73. The number of hydrogen-bond donors (Lipinski definition) is 0. The average molecular weight is 301 g/mol. The molecule has 110 valence electrons. The Bertz CT molecular complexity index is 582. The van der Waals surface area contributed by atoms with E-state index in [1.165, 1.54) is 17.6 Å². The van der Waals surface area contributed by atoms with Crippen LogP contribution in [0.4, 0.5) is 0 Å². The van der Waals surface area contributed by atoms with Gasteiger partial charge in [-0.05, 0) is 17.0 Å². The molecule has 0 amide bonds. The van der Waals surface area contributed by atoms with Gasteiger partial charge in [-0.2, -0.15) is 0 Å². The minimum Gasteiger partial charge on any atom is -0.469 e. The van der Waals surface area contributed by atoms with Crippen molar-refractivity contribution in [2.24, 2.45) is 5.92 Å². The van der Waals surface area contributed by atoms with Gasteiger partial charge >= 0.3 is 5.97 Å². The normalized spacial score (nSPS) is 22.3. The van der Waals surface area contributed by atoms with Crippen LogP contribution >= 0.6 is 11.3 Å². The third-order valence-electron chi connectivity index (χ3n) is 4.06. The van der Waals surface area contributed by atoms with E-state index in [2.05, 4.69) is 40.6 Å². The van der Waals surface area contributed by atoms with Crippen LogP contribution < -0.4 is 0 Å². The largest absolute Gasteiger partial charge is 0.469 e. The van der Waals surface area contributed by atoms with Crippen LogP contribution in [0.3, 0.4) is 0 Å². The van der Waals surface area contributed by atoms with E-state index in [0.29, 0.717) is 0 Å². The van der Waals surface area contributed by atoms with E-state index >= 15 is 0 Å². The van der Waals surface area contributed by atoms with Crippen molar-refractivity contribution in [1.82, 2.24) is 4.90 Å². The third kappa shape index (κ3) is 3.17. The van der Waals surface area contributed by atoms with E-state index in [9.17, 15) is 4.79 Å². The van der Waals surface area contributed by atoms with E-state index in [1.807, 2.05) is 12.1 Å². The van der Waals surface area contributed by atoms with Crippen molar-refractivity contribution in [2.45, 2.75) is 12.5 Å². The van der Waals surface area contributed by atoms with E-state index in [-0.39, 0.29) is 17.8 Å². The zero-order valence-corrected chi connectivity index (χ0v) is 12.9. The number of carbonyl (C=O) groups excluding carboxylic acids is 1. The molecule has 2 aromatic rings. The van der Waals surface area contributed by atoms with E-state index in [4.69, 9.17) is 4.74 Å². The summed E-state index contributed by atoms with van der Waals surface area (Å²) in [5.41, 5.74) is 1.29. The molecule has 0 bridgehead atoms. The lowest BCUT2D eigenvalue weighted by Crippen LogP contribution is -2.24. The topological polar surface area (TPSA) is 29.5 Å². The standard InChI is InChI=1S/C17H19NO2S/c1-20-17(19)15-12-18(10-13-6-3-2-4-7-13)11-14(15)16-8-5-9-21-16/h2-9,14-15H,10-12H2,1H3/t14-,15-/m1/s1. The highest BCUT2D eigenvalue weighted by Gasteiger charge is 2.39. The Morgan fingerprint density at radius 2 is 2.05 bits per heavy atom.